The second kappa shape index (κ2) is 8.11. The number of aromatic nitrogens is 3. The van der Waals surface area contributed by atoms with Crippen molar-refractivity contribution in [3.63, 3.8) is 0 Å². The van der Waals surface area contributed by atoms with Crippen molar-refractivity contribution in [2.75, 3.05) is 11.1 Å². The molecule has 3 rings (SSSR count). The molecule has 2 N–H and O–H groups in total. The van der Waals surface area contributed by atoms with Crippen molar-refractivity contribution in [1.82, 2.24) is 14.8 Å². The fraction of sp³-hybridized carbons (Fsp3) is 0.118. The largest absolute Gasteiger partial charge is 0.507 e. The predicted octanol–water partition coefficient (Wildman–Crippen LogP) is 4.33. The number of amides is 1. The monoisotopic (exact) mass is 452 g/mol. The molecule has 0 saturated carbocycles. The summed E-state index contributed by atoms with van der Waals surface area (Å²) in [6, 6.07) is 12.1. The molecule has 0 bridgehead atoms. The van der Waals surface area contributed by atoms with Gasteiger partial charge in [-0.05, 0) is 30.3 Å². The maximum Gasteiger partial charge on any atom is 0.234 e. The Morgan fingerprint density at radius 1 is 1.31 bits per heavy atom. The van der Waals surface area contributed by atoms with Crippen LogP contribution < -0.4 is 5.32 Å². The third kappa shape index (κ3) is 4.20. The molecule has 0 saturated heterocycles. The van der Waals surface area contributed by atoms with Crippen LogP contribution in [0.15, 0.2) is 52.1 Å². The van der Waals surface area contributed by atoms with E-state index >= 15 is 0 Å². The smallest absolute Gasteiger partial charge is 0.234 e. The molecular formula is C17H14BrClN4O2S. The minimum absolute atomic E-state index is 0.108. The molecule has 1 heterocycles. The Labute approximate surface area is 167 Å². The number of nitrogens with one attached hydrogen (secondary N) is 1. The van der Waals surface area contributed by atoms with E-state index in [0.29, 0.717) is 27.3 Å². The third-order valence-corrected chi connectivity index (χ3v) is 5.36. The highest BCUT2D eigenvalue weighted by Crippen LogP contribution is 2.32. The number of halogens is 2. The summed E-state index contributed by atoms with van der Waals surface area (Å²) in [4.78, 5) is 12.1. The van der Waals surface area contributed by atoms with Crippen molar-refractivity contribution in [2.24, 2.45) is 7.05 Å². The van der Waals surface area contributed by atoms with Crippen LogP contribution in [-0.4, -0.2) is 31.5 Å². The molecule has 26 heavy (non-hydrogen) atoms. The SMILES string of the molecule is Cn1c(SCC(=O)Nc2ccccc2Cl)nnc1-c1cc(Br)ccc1O. The molecule has 6 nitrogen and oxygen atoms in total. The minimum atomic E-state index is -0.196. The standard InChI is InChI=1S/C17H14BrClN4O2S/c1-23-16(11-8-10(18)6-7-14(11)24)21-22-17(23)26-9-15(25)20-13-5-3-2-4-12(13)19/h2-8,24H,9H2,1H3,(H,20,25). The molecule has 0 aliphatic rings. The van der Waals surface area contributed by atoms with Crippen molar-refractivity contribution in [2.45, 2.75) is 5.16 Å². The van der Waals surface area contributed by atoms with Crippen LogP contribution in [0, 0.1) is 0 Å². The number of anilines is 1. The fourth-order valence-electron chi connectivity index (χ4n) is 2.24. The van der Waals surface area contributed by atoms with Crippen LogP contribution in [0.2, 0.25) is 5.02 Å². The third-order valence-electron chi connectivity index (χ3n) is 3.51. The molecule has 1 amide bonds. The van der Waals surface area contributed by atoms with E-state index < -0.39 is 0 Å². The van der Waals surface area contributed by atoms with Crippen LogP contribution in [0.4, 0.5) is 5.69 Å². The maximum atomic E-state index is 12.1. The Morgan fingerprint density at radius 2 is 2.08 bits per heavy atom. The first-order valence-corrected chi connectivity index (χ1v) is 9.67. The average molecular weight is 454 g/mol. The van der Waals surface area contributed by atoms with Gasteiger partial charge in [-0.2, -0.15) is 0 Å². The van der Waals surface area contributed by atoms with E-state index in [9.17, 15) is 9.90 Å². The second-order valence-corrected chi connectivity index (χ2v) is 7.61. The number of rotatable bonds is 5. The molecule has 2 aromatic carbocycles. The molecule has 0 atom stereocenters. The molecule has 134 valence electrons. The summed E-state index contributed by atoms with van der Waals surface area (Å²) < 4.78 is 2.55. The number of carbonyl (C=O) groups is 1. The van der Waals surface area contributed by atoms with E-state index in [1.54, 1.807) is 54.1 Å². The van der Waals surface area contributed by atoms with E-state index in [-0.39, 0.29) is 17.4 Å². The molecule has 0 spiro atoms. The lowest BCUT2D eigenvalue weighted by Crippen LogP contribution is -2.14. The lowest BCUT2D eigenvalue weighted by atomic mass is 10.2. The van der Waals surface area contributed by atoms with Crippen LogP contribution in [0.5, 0.6) is 5.75 Å². The van der Waals surface area contributed by atoms with Gasteiger partial charge in [-0.25, -0.2) is 0 Å². The first-order valence-electron chi connectivity index (χ1n) is 7.51. The van der Waals surface area contributed by atoms with Gasteiger partial charge >= 0.3 is 0 Å². The number of aromatic hydroxyl groups is 1. The van der Waals surface area contributed by atoms with Gasteiger partial charge in [0.1, 0.15) is 5.75 Å². The number of phenols is 1. The second-order valence-electron chi connectivity index (χ2n) is 5.34. The summed E-state index contributed by atoms with van der Waals surface area (Å²) in [5, 5.41) is 22.1. The Bertz CT molecular complexity index is 964. The van der Waals surface area contributed by atoms with E-state index in [1.165, 1.54) is 11.8 Å². The first-order chi connectivity index (χ1) is 12.5. The van der Waals surface area contributed by atoms with Crippen LogP contribution in [0.1, 0.15) is 0 Å². The zero-order valence-corrected chi connectivity index (χ0v) is 16.8. The molecule has 0 aliphatic carbocycles. The Kier molecular flexibility index (Phi) is 5.85. The Hall–Kier alpha value is -2.03. The highest BCUT2D eigenvalue weighted by molar-refractivity contribution is 9.10. The topological polar surface area (TPSA) is 80.0 Å². The fourth-order valence-corrected chi connectivity index (χ4v) is 3.50. The van der Waals surface area contributed by atoms with E-state index in [2.05, 4.69) is 31.4 Å². The Balaban J connectivity index is 1.70. The molecule has 3 aromatic rings. The zero-order valence-electron chi connectivity index (χ0n) is 13.6. The molecule has 1 aromatic heterocycles. The van der Waals surface area contributed by atoms with E-state index in [4.69, 9.17) is 11.6 Å². The van der Waals surface area contributed by atoms with E-state index in [1.807, 2.05) is 0 Å². The number of benzene rings is 2. The molecule has 0 fully saturated rings. The van der Waals surface area contributed by atoms with Crippen LogP contribution in [0.3, 0.4) is 0 Å². The minimum Gasteiger partial charge on any atom is -0.507 e. The van der Waals surface area contributed by atoms with Crippen molar-refractivity contribution in [1.29, 1.82) is 0 Å². The van der Waals surface area contributed by atoms with Crippen LogP contribution in [0.25, 0.3) is 11.4 Å². The van der Waals surface area contributed by atoms with Crippen molar-refractivity contribution < 1.29 is 9.90 Å². The van der Waals surface area contributed by atoms with Gasteiger partial charge in [0, 0.05) is 11.5 Å². The van der Waals surface area contributed by atoms with Gasteiger partial charge in [-0.1, -0.05) is 51.4 Å². The van der Waals surface area contributed by atoms with Gasteiger partial charge in [-0.3, -0.25) is 4.79 Å². The molecule has 0 unspecified atom stereocenters. The summed E-state index contributed by atoms with van der Waals surface area (Å²) in [7, 11) is 1.78. The van der Waals surface area contributed by atoms with Crippen molar-refractivity contribution in [3.05, 3.63) is 52.0 Å². The first kappa shape index (κ1) is 18.8. The van der Waals surface area contributed by atoms with Gasteiger partial charge in [0.25, 0.3) is 0 Å². The lowest BCUT2D eigenvalue weighted by molar-refractivity contribution is -0.113. The summed E-state index contributed by atoms with van der Waals surface area (Å²) in [5.74, 6) is 0.578. The quantitative estimate of drug-likeness (QED) is 0.562. The summed E-state index contributed by atoms with van der Waals surface area (Å²) in [5.41, 5.74) is 1.12. The highest BCUT2D eigenvalue weighted by atomic mass is 79.9. The van der Waals surface area contributed by atoms with Crippen molar-refractivity contribution >= 4 is 50.9 Å². The summed E-state index contributed by atoms with van der Waals surface area (Å²) in [6.07, 6.45) is 0. The number of thioether (sulfide) groups is 1. The number of hydrogen-bond acceptors (Lipinski definition) is 5. The number of hydrogen-bond donors (Lipinski definition) is 2. The van der Waals surface area contributed by atoms with Crippen LogP contribution in [-0.2, 0) is 11.8 Å². The predicted molar refractivity (Wildman–Crippen MR) is 107 cm³/mol. The van der Waals surface area contributed by atoms with Crippen molar-refractivity contribution in [3.8, 4) is 17.1 Å². The molecular weight excluding hydrogens is 440 g/mol. The normalized spacial score (nSPS) is 10.7. The molecule has 0 aliphatic heterocycles. The lowest BCUT2D eigenvalue weighted by Gasteiger charge is -2.07. The summed E-state index contributed by atoms with van der Waals surface area (Å²) >= 11 is 10.7. The van der Waals surface area contributed by atoms with Crippen LogP contribution >= 0.6 is 39.3 Å². The highest BCUT2D eigenvalue weighted by Gasteiger charge is 2.16. The molecule has 0 radical (unpaired) electrons. The maximum absolute atomic E-state index is 12.1. The average Bonchev–Trinajstić information content (AvgIpc) is 2.98. The summed E-state index contributed by atoms with van der Waals surface area (Å²) in [6.45, 7) is 0. The van der Waals surface area contributed by atoms with Gasteiger partial charge in [0.2, 0.25) is 5.91 Å². The molecule has 9 heteroatoms. The number of nitrogens with zero attached hydrogens (tertiary/aromatic N) is 3. The number of phenolic OH excluding ortho intramolecular Hbond substituents is 1. The van der Waals surface area contributed by atoms with E-state index in [0.717, 1.165) is 4.47 Å². The van der Waals surface area contributed by atoms with Gasteiger partial charge < -0.3 is 15.0 Å². The van der Waals surface area contributed by atoms with Gasteiger partial charge in [0.15, 0.2) is 11.0 Å². The number of carbonyl (C=O) groups excluding carboxylic acids is 1. The van der Waals surface area contributed by atoms with Gasteiger partial charge in [-0.15, -0.1) is 10.2 Å². The Morgan fingerprint density at radius 3 is 2.85 bits per heavy atom. The van der Waals surface area contributed by atoms with Gasteiger partial charge in [0.05, 0.1) is 22.0 Å². The zero-order chi connectivity index (χ0) is 18.7. The number of para-hydroxylation sites is 1.